The third-order valence-corrected chi connectivity index (χ3v) is 4.84. The molecule has 1 spiro atoms. The number of nitrogens with zero attached hydrogens (tertiary/aromatic N) is 5. The number of rotatable bonds is 2. The summed E-state index contributed by atoms with van der Waals surface area (Å²) in [5, 5.41) is 3.83. The van der Waals surface area contributed by atoms with Gasteiger partial charge in [0.15, 0.2) is 5.82 Å². The highest BCUT2D eigenvalue weighted by molar-refractivity contribution is 5.92. The fourth-order valence-electron chi connectivity index (χ4n) is 3.50. The van der Waals surface area contributed by atoms with E-state index < -0.39 is 0 Å². The minimum absolute atomic E-state index is 0.0469. The number of amides is 1. The van der Waals surface area contributed by atoms with Crippen molar-refractivity contribution in [2.45, 2.75) is 44.3 Å². The van der Waals surface area contributed by atoms with Crippen LogP contribution in [0.25, 0.3) is 0 Å². The van der Waals surface area contributed by atoms with Gasteiger partial charge in [0.2, 0.25) is 0 Å². The maximum Gasteiger partial charge on any atom is 0.272 e. The molecule has 0 radical (unpaired) electrons. The molecule has 2 aliphatic rings. The zero-order valence-electron chi connectivity index (χ0n) is 13.5. The summed E-state index contributed by atoms with van der Waals surface area (Å²) in [4.78, 5) is 26.4. The fraction of sp³-hybridized carbons (Fsp3) is 0.562. The Bertz CT molecular complexity index is 724. The highest BCUT2D eigenvalue weighted by Gasteiger charge is 2.45. The maximum atomic E-state index is 12.5. The highest BCUT2D eigenvalue weighted by atomic mass is 16.5. The van der Waals surface area contributed by atoms with Crippen molar-refractivity contribution in [2.24, 2.45) is 0 Å². The molecule has 2 aromatic rings. The van der Waals surface area contributed by atoms with Crippen LogP contribution in [0.15, 0.2) is 23.1 Å². The van der Waals surface area contributed by atoms with Gasteiger partial charge in [-0.05, 0) is 38.7 Å². The molecule has 8 heteroatoms. The lowest BCUT2D eigenvalue weighted by Crippen LogP contribution is -2.46. The van der Waals surface area contributed by atoms with Crippen LogP contribution >= 0.6 is 0 Å². The van der Waals surface area contributed by atoms with Gasteiger partial charge in [0.05, 0.1) is 5.60 Å². The molecule has 4 rings (SSSR count). The second kappa shape index (κ2) is 5.94. The molecular weight excluding hydrogens is 310 g/mol. The molecule has 1 amide bonds. The predicted molar refractivity (Wildman–Crippen MR) is 82.0 cm³/mol. The first kappa shape index (κ1) is 15.2. The van der Waals surface area contributed by atoms with Gasteiger partial charge in [-0.3, -0.25) is 4.79 Å². The molecular formula is C16H19N5O3. The first-order chi connectivity index (χ1) is 11.7. The smallest absolute Gasteiger partial charge is 0.272 e. The molecule has 0 aliphatic carbocycles. The molecule has 0 saturated carbocycles. The minimum atomic E-state index is -0.185. The van der Waals surface area contributed by atoms with Crippen molar-refractivity contribution in [3.63, 3.8) is 0 Å². The molecule has 2 aromatic heterocycles. The highest BCUT2D eigenvalue weighted by Crippen LogP contribution is 2.44. The van der Waals surface area contributed by atoms with Crippen molar-refractivity contribution in [1.82, 2.24) is 25.0 Å². The van der Waals surface area contributed by atoms with Crippen molar-refractivity contribution in [1.29, 1.82) is 0 Å². The van der Waals surface area contributed by atoms with Gasteiger partial charge in [0.1, 0.15) is 18.1 Å². The van der Waals surface area contributed by atoms with Crippen molar-refractivity contribution in [2.75, 3.05) is 13.1 Å². The van der Waals surface area contributed by atoms with E-state index in [2.05, 4.69) is 20.1 Å². The summed E-state index contributed by atoms with van der Waals surface area (Å²) < 4.78 is 11.5. The van der Waals surface area contributed by atoms with Crippen LogP contribution in [0.3, 0.4) is 0 Å². The predicted octanol–water partition coefficient (Wildman–Crippen LogP) is 1.69. The topological polar surface area (TPSA) is 94.2 Å². The van der Waals surface area contributed by atoms with Crippen LogP contribution in [0.1, 0.15) is 54.0 Å². The van der Waals surface area contributed by atoms with Gasteiger partial charge in [-0.15, -0.1) is 0 Å². The van der Waals surface area contributed by atoms with Crippen molar-refractivity contribution < 1.29 is 14.1 Å². The third-order valence-electron chi connectivity index (χ3n) is 4.84. The lowest BCUT2D eigenvalue weighted by Gasteiger charge is -2.38. The van der Waals surface area contributed by atoms with Crippen molar-refractivity contribution in [3.8, 4) is 0 Å². The summed E-state index contributed by atoms with van der Waals surface area (Å²) in [6.07, 6.45) is 6.31. The largest absolute Gasteiger partial charge is 0.362 e. The molecule has 1 unspecified atom stereocenters. The quantitative estimate of drug-likeness (QED) is 0.827. The Morgan fingerprint density at radius 3 is 2.83 bits per heavy atom. The van der Waals surface area contributed by atoms with E-state index in [0.29, 0.717) is 30.5 Å². The van der Waals surface area contributed by atoms with E-state index >= 15 is 0 Å². The summed E-state index contributed by atoms with van der Waals surface area (Å²) in [7, 11) is 0. The second-order valence-electron chi connectivity index (χ2n) is 6.39. The molecule has 2 aliphatic heterocycles. The van der Waals surface area contributed by atoms with Crippen molar-refractivity contribution >= 4 is 5.91 Å². The Hall–Kier alpha value is -2.35. The number of carbonyl (C=O) groups is 1. The van der Waals surface area contributed by atoms with Gasteiger partial charge in [-0.25, -0.2) is 9.97 Å². The summed E-state index contributed by atoms with van der Waals surface area (Å²) in [6.45, 7) is 3.13. The fourth-order valence-corrected chi connectivity index (χ4v) is 3.50. The summed E-state index contributed by atoms with van der Waals surface area (Å²) in [6, 6.07) is 1.65. The second-order valence-corrected chi connectivity index (χ2v) is 6.39. The van der Waals surface area contributed by atoms with Crippen LogP contribution in [0, 0.1) is 6.92 Å². The van der Waals surface area contributed by atoms with Gasteiger partial charge < -0.3 is 14.2 Å². The number of likely N-dealkylation sites (tertiary alicyclic amines) is 1. The Balaban J connectivity index is 1.39. The molecule has 2 saturated heterocycles. The Morgan fingerprint density at radius 2 is 2.17 bits per heavy atom. The van der Waals surface area contributed by atoms with E-state index in [1.165, 1.54) is 6.33 Å². The number of piperidine rings is 1. The van der Waals surface area contributed by atoms with E-state index in [9.17, 15) is 4.79 Å². The van der Waals surface area contributed by atoms with E-state index in [1.54, 1.807) is 19.2 Å². The molecule has 0 N–H and O–H groups in total. The Morgan fingerprint density at radius 1 is 1.33 bits per heavy atom. The van der Waals surface area contributed by atoms with E-state index in [1.807, 2.05) is 4.90 Å². The molecule has 2 fully saturated rings. The average molecular weight is 329 g/mol. The van der Waals surface area contributed by atoms with Gasteiger partial charge in [0, 0.05) is 19.3 Å². The van der Waals surface area contributed by atoms with Crippen LogP contribution in [-0.4, -0.2) is 49.6 Å². The molecule has 4 heterocycles. The van der Waals surface area contributed by atoms with Crippen LogP contribution < -0.4 is 0 Å². The van der Waals surface area contributed by atoms with E-state index in [-0.39, 0.29) is 17.6 Å². The van der Waals surface area contributed by atoms with Gasteiger partial charge in [0.25, 0.3) is 11.8 Å². The maximum absolute atomic E-state index is 12.5. The van der Waals surface area contributed by atoms with Crippen LogP contribution in [0.4, 0.5) is 0 Å². The van der Waals surface area contributed by atoms with E-state index in [4.69, 9.17) is 9.26 Å². The lowest BCUT2D eigenvalue weighted by molar-refractivity contribution is -0.0821. The number of ether oxygens (including phenoxy) is 1. The third kappa shape index (κ3) is 2.77. The summed E-state index contributed by atoms with van der Waals surface area (Å²) in [5.41, 5.74) is 0.252. The first-order valence-electron chi connectivity index (χ1n) is 8.19. The van der Waals surface area contributed by atoms with Gasteiger partial charge >= 0.3 is 0 Å². The molecule has 0 aromatic carbocycles. The zero-order valence-corrected chi connectivity index (χ0v) is 13.5. The Labute approximate surface area is 139 Å². The number of hydrogen-bond acceptors (Lipinski definition) is 7. The molecule has 0 bridgehead atoms. The van der Waals surface area contributed by atoms with Crippen molar-refractivity contribution in [3.05, 3.63) is 36.0 Å². The lowest BCUT2D eigenvalue weighted by atomic mass is 9.88. The Kier molecular flexibility index (Phi) is 3.76. The van der Waals surface area contributed by atoms with Gasteiger partial charge in [-0.1, -0.05) is 5.16 Å². The minimum Gasteiger partial charge on any atom is -0.362 e. The summed E-state index contributed by atoms with van der Waals surface area (Å²) >= 11 is 0. The first-order valence-corrected chi connectivity index (χ1v) is 8.19. The number of aromatic nitrogens is 4. The zero-order chi connectivity index (χ0) is 16.6. The average Bonchev–Trinajstić information content (AvgIpc) is 3.23. The van der Waals surface area contributed by atoms with Crippen LogP contribution in [0.5, 0.6) is 0 Å². The van der Waals surface area contributed by atoms with Crippen LogP contribution in [-0.2, 0) is 4.74 Å². The SMILES string of the molecule is Cc1noc(C2CCC3(CCN(C(=O)c4ccncn4)CC3)O2)n1. The van der Waals surface area contributed by atoms with E-state index in [0.717, 1.165) is 25.7 Å². The van der Waals surface area contributed by atoms with Crippen LogP contribution in [0.2, 0.25) is 0 Å². The molecule has 126 valence electrons. The number of aryl methyl sites for hydroxylation is 1. The summed E-state index contributed by atoms with van der Waals surface area (Å²) in [5.74, 6) is 1.14. The molecule has 24 heavy (non-hydrogen) atoms. The molecule has 1 atom stereocenters. The van der Waals surface area contributed by atoms with Gasteiger partial charge in [-0.2, -0.15) is 4.98 Å². The number of hydrogen-bond donors (Lipinski definition) is 0. The normalized spacial score (nSPS) is 22.9. The monoisotopic (exact) mass is 329 g/mol. The molecule has 8 nitrogen and oxygen atoms in total. The number of carbonyl (C=O) groups excluding carboxylic acids is 1. The standard InChI is InChI=1S/C16H19N5O3/c1-11-19-14(24-20-11)13-2-4-16(23-13)5-8-21(9-6-16)15(22)12-3-7-17-10-18-12/h3,7,10,13H,2,4-6,8-9H2,1H3.